The molecule has 0 saturated carbocycles. The van der Waals surface area contributed by atoms with Crippen molar-refractivity contribution in [1.29, 1.82) is 0 Å². The van der Waals surface area contributed by atoms with Crippen molar-refractivity contribution in [3.63, 3.8) is 0 Å². The number of benzene rings is 2. The van der Waals surface area contributed by atoms with Gasteiger partial charge in [0, 0.05) is 6.07 Å². The minimum absolute atomic E-state index is 0.0923. The molecule has 2 aromatic rings. The first-order valence-electron chi connectivity index (χ1n) is 6.99. The smallest absolute Gasteiger partial charge is 0.343 e. The monoisotopic (exact) mass is 348 g/mol. The van der Waals surface area contributed by atoms with Crippen LogP contribution in [0.15, 0.2) is 30.3 Å². The molecule has 0 aliphatic carbocycles. The van der Waals surface area contributed by atoms with Gasteiger partial charge in [-0.15, -0.1) is 0 Å². The lowest BCUT2D eigenvalue weighted by atomic mass is 10.1. The van der Waals surface area contributed by atoms with E-state index in [1.54, 1.807) is 0 Å². The average Bonchev–Trinajstić information content (AvgIpc) is 2.59. The van der Waals surface area contributed by atoms with Crippen molar-refractivity contribution in [2.24, 2.45) is 0 Å². The number of carbonyl (C=O) groups excluding carboxylic acids is 1. The van der Waals surface area contributed by atoms with Gasteiger partial charge in [-0.1, -0.05) is 0 Å². The van der Waals surface area contributed by atoms with Crippen molar-refractivity contribution in [1.82, 2.24) is 0 Å². The molecule has 0 saturated heterocycles. The molecule has 0 heterocycles. The van der Waals surface area contributed by atoms with Gasteiger partial charge in [-0.2, -0.15) is 0 Å². The number of carboxylic acids is 1. The lowest BCUT2D eigenvalue weighted by molar-refractivity contribution is 0.0686. The van der Waals surface area contributed by atoms with E-state index in [1.165, 1.54) is 33.5 Å². The van der Waals surface area contributed by atoms with Crippen LogP contribution in [-0.2, 0) is 0 Å². The van der Waals surface area contributed by atoms with Crippen molar-refractivity contribution in [2.75, 3.05) is 21.3 Å². The number of hydrogen-bond acceptors (Lipinski definition) is 7. The Morgan fingerprint density at radius 1 is 0.840 bits per heavy atom. The van der Waals surface area contributed by atoms with E-state index < -0.39 is 11.9 Å². The molecule has 0 bridgehead atoms. The van der Waals surface area contributed by atoms with Crippen LogP contribution in [0.5, 0.6) is 28.7 Å². The van der Waals surface area contributed by atoms with Gasteiger partial charge in [-0.25, -0.2) is 9.59 Å². The van der Waals surface area contributed by atoms with Crippen molar-refractivity contribution in [2.45, 2.75) is 0 Å². The van der Waals surface area contributed by atoms with Gasteiger partial charge < -0.3 is 29.2 Å². The number of rotatable bonds is 6. The number of carbonyl (C=O) groups is 2. The highest BCUT2D eigenvalue weighted by Crippen LogP contribution is 2.38. The topological polar surface area (TPSA) is 112 Å². The van der Waals surface area contributed by atoms with Crippen LogP contribution < -0.4 is 18.9 Å². The molecule has 0 aliphatic heterocycles. The highest BCUT2D eigenvalue weighted by Gasteiger charge is 2.19. The molecule has 2 rings (SSSR count). The van der Waals surface area contributed by atoms with E-state index in [0.29, 0.717) is 5.75 Å². The van der Waals surface area contributed by atoms with Crippen LogP contribution in [0.1, 0.15) is 20.7 Å². The van der Waals surface area contributed by atoms with Gasteiger partial charge in [0.2, 0.25) is 5.75 Å². The molecule has 0 aliphatic rings. The summed E-state index contributed by atoms with van der Waals surface area (Å²) in [6.45, 7) is 0. The second-order valence-electron chi connectivity index (χ2n) is 4.82. The van der Waals surface area contributed by atoms with Gasteiger partial charge in [-0.05, 0) is 24.3 Å². The number of carboxylic acid groups (broad SMARTS) is 1. The normalized spacial score (nSPS) is 10.0. The lowest BCUT2D eigenvalue weighted by Gasteiger charge is -2.14. The fourth-order valence-electron chi connectivity index (χ4n) is 2.13. The van der Waals surface area contributed by atoms with Crippen LogP contribution in [0, 0.1) is 0 Å². The minimum Gasteiger partial charge on any atom is -0.508 e. The Morgan fingerprint density at radius 2 is 1.44 bits per heavy atom. The van der Waals surface area contributed by atoms with E-state index in [-0.39, 0.29) is 34.1 Å². The molecule has 8 nitrogen and oxygen atoms in total. The molecule has 0 atom stereocenters. The summed E-state index contributed by atoms with van der Waals surface area (Å²) in [6, 6.07) is 6.08. The van der Waals surface area contributed by atoms with E-state index in [4.69, 9.17) is 24.1 Å². The summed E-state index contributed by atoms with van der Waals surface area (Å²) in [6.07, 6.45) is 0. The van der Waals surface area contributed by atoms with Crippen molar-refractivity contribution in [3.8, 4) is 28.7 Å². The molecular weight excluding hydrogens is 332 g/mol. The maximum absolute atomic E-state index is 12.3. The summed E-state index contributed by atoms with van der Waals surface area (Å²) >= 11 is 0. The summed E-state index contributed by atoms with van der Waals surface area (Å²) in [4.78, 5) is 23.3. The van der Waals surface area contributed by atoms with Gasteiger partial charge in [0.15, 0.2) is 11.5 Å². The second kappa shape index (κ2) is 7.43. The van der Waals surface area contributed by atoms with E-state index in [9.17, 15) is 14.7 Å². The van der Waals surface area contributed by atoms with Crippen LogP contribution in [0.25, 0.3) is 0 Å². The van der Waals surface area contributed by atoms with Crippen LogP contribution >= 0.6 is 0 Å². The maximum atomic E-state index is 12.3. The second-order valence-corrected chi connectivity index (χ2v) is 4.82. The number of ether oxygens (including phenoxy) is 4. The molecule has 0 amide bonds. The Morgan fingerprint density at radius 3 is 1.92 bits per heavy atom. The van der Waals surface area contributed by atoms with Crippen molar-refractivity contribution in [3.05, 3.63) is 41.5 Å². The van der Waals surface area contributed by atoms with Crippen LogP contribution in [-0.4, -0.2) is 43.5 Å². The zero-order valence-corrected chi connectivity index (χ0v) is 13.7. The third-order valence-corrected chi connectivity index (χ3v) is 3.25. The zero-order valence-electron chi connectivity index (χ0n) is 13.7. The third kappa shape index (κ3) is 3.92. The molecule has 0 unspecified atom stereocenters. The Hall–Kier alpha value is -3.42. The van der Waals surface area contributed by atoms with Gasteiger partial charge in [0.25, 0.3) is 0 Å². The summed E-state index contributed by atoms with van der Waals surface area (Å²) in [7, 11) is 4.24. The number of aromatic carboxylic acids is 1. The van der Waals surface area contributed by atoms with E-state index >= 15 is 0 Å². The van der Waals surface area contributed by atoms with Crippen molar-refractivity contribution >= 4 is 11.9 Å². The molecule has 0 aromatic heterocycles. The van der Waals surface area contributed by atoms with Gasteiger partial charge in [0.05, 0.1) is 32.5 Å². The van der Waals surface area contributed by atoms with Crippen LogP contribution in [0.2, 0.25) is 0 Å². The molecule has 25 heavy (non-hydrogen) atoms. The largest absolute Gasteiger partial charge is 0.508 e. The first kappa shape index (κ1) is 17.9. The molecule has 132 valence electrons. The van der Waals surface area contributed by atoms with Crippen LogP contribution in [0.4, 0.5) is 0 Å². The van der Waals surface area contributed by atoms with Gasteiger partial charge in [-0.3, -0.25) is 0 Å². The van der Waals surface area contributed by atoms with E-state index in [0.717, 1.165) is 18.2 Å². The average molecular weight is 348 g/mol. The molecule has 8 heteroatoms. The molecule has 0 fully saturated rings. The Kier molecular flexibility index (Phi) is 5.33. The maximum Gasteiger partial charge on any atom is 0.343 e. The minimum atomic E-state index is -1.26. The standard InChI is InChI=1S/C17H16O8/c1-22-13-6-10(7-14(23-2)15(13)24-3)17(21)25-12-5-9(16(19)20)4-11(18)8-12/h4-8,18H,1-3H3,(H,19,20). The molecule has 0 spiro atoms. The molecule has 2 N–H and O–H groups in total. The molecular formula is C17H16O8. The summed E-state index contributed by atoms with van der Waals surface area (Å²) < 4.78 is 20.6. The number of methoxy groups -OCH3 is 3. The number of hydrogen-bond donors (Lipinski definition) is 2. The SMILES string of the molecule is COc1cc(C(=O)Oc2cc(O)cc(C(=O)O)c2)cc(OC)c1OC. The van der Waals surface area contributed by atoms with Crippen molar-refractivity contribution < 1.29 is 38.7 Å². The third-order valence-electron chi connectivity index (χ3n) is 3.25. The summed E-state index contributed by atoms with van der Waals surface area (Å²) in [5.41, 5.74) is -0.123. The number of phenols is 1. The fourth-order valence-corrected chi connectivity index (χ4v) is 2.13. The van der Waals surface area contributed by atoms with Crippen LogP contribution in [0.3, 0.4) is 0 Å². The Labute approximate surface area is 143 Å². The predicted octanol–water partition coefficient (Wildman–Crippen LogP) is 2.34. The molecule has 0 radical (unpaired) electrons. The Bertz CT molecular complexity index is 787. The van der Waals surface area contributed by atoms with E-state index in [2.05, 4.69) is 0 Å². The lowest BCUT2D eigenvalue weighted by Crippen LogP contribution is -2.10. The highest BCUT2D eigenvalue weighted by atomic mass is 16.5. The summed E-state index contributed by atoms with van der Waals surface area (Å²) in [5, 5.41) is 18.5. The number of phenolic OH excluding ortho intramolecular Hbond substituents is 1. The first-order valence-corrected chi connectivity index (χ1v) is 6.99. The molecule has 2 aromatic carbocycles. The zero-order chi connectivity index (χ0) is 18.6. The van der Waals surface area contributed by atoms with E-state index in [1.807, 2.05) is 0 Å². The van der Waals surface area contributed by atoms with Gasteiger partial charge >= 0.3 is 11.9 Å². The number of aromatic hydroxyl groups is 1. The fraction of sp³-hybridized carbons (Fsp3) is 0.176. The quantitative estimate of drug-likeness (QED) is 0.604. The Balaban J connectivity index is 2.37. The van der Waals surface area contributed by atoms with Gasteiger partial charge in [0.1, 0.15) is 11.5 Å². The predicted molar refractivity (Wildman–Crippen MR) is 86.1 cm³/mol. The number of esters is 1. The first-order chi connectivity index (χ1) is 11.9. The summed E-state index contributed by atoms with van der Waals surface area (Å²) in [5.74, 6) is -1.68. The highest BCUT2D eigenvalue weighted by molar-refractivity contribution is 5.93.